The smallest absolute Gasteiger partial charge is 0.120 e. The predicted molar refractivity (Wildman–Crippen MR) is 70.0 cm³/mol. The van der Waals surface area contributed by atoms with Crippen LogP contribution in [-0.2, 0) is 0 Å². The molecule has 0 radical (unpaired) electrons. The largest absolute Gasteiger partial charge is 0.468 e. The van der Waals surface area contributed by atoms with Crippen molar-refractivity contribution in [2.45, 2.75) is 45.2 Å². The first-order valence-electron chi connectivity index (χ1n) is 6.82. The maximum atomic E-state index is 5.47. The number of nitrogens with zero attached hydrogens (tertiary/aromatic N) is 1. The van der Waals surface area contributed by atoms with E-state index >= 15 is 0 Å². The molecular formula is C14H24N2O. The number of hydrogen-bond acceptors (Lipinski definition) is 3. The van der Waals surface area contributed by atoms with Crippen molar-refractivity contribution in [3.63, 3.8) is 0 Å². The SMILES string of the molecule is CCC(NCC(C)N1CCCC1)c1ccco1. The van der Waals surface area contributed by atoms with Gasteiger partial charge in [-0.1, -0.05) is 6.92 Å². The summed E-state index contributed by atoms with van der Waals surface area (Å²) in [5.41, 5.74) is 0. The molecule has 3 nitrogen and oxygen atoms in total. The quantitative estimate of drug-likeness (QED) is 0.823. The second-order valence-corrected chi connectivity index (χ2v) is 4.98. The van der Waals surface area contributed by atoms with Crippen LogP contribution in [0.2, 0.25) is 0 Å². The highest BCUT2D eigenvalue weighted by molar-refractivity contribution is 5.04. The Hall–Kier alpha value is -0.800. The van der Waals surface area contributed by atoms with Gasteiger partial charge in [0.05, 0.1) is 12.3 Å². The van der Waals surface area contributed by atoms with Gasteiger partial charge in [-0.25, -0.2) is 0 Å². The van der Waals surface area contributed by atoms with Gasteiger partial charge >= 0.3 is 0 Å². The summed E-state index contributed by atoms with van der Waals surface area (Å²) in [6.07, 6.45) is 5.54. The first-order chi connectivity index (χ1) is 8.31. The minimum atomic E-state index is 0.357. The van der Waals surface area contributed by atoms with Crippen LogP contribution in [0.3, 0.4) is 0 Å². The van der Waals surface area contributed by atoms with Crippen molar-refractivity contribution >= 4 is 0 Å². The minimum Gasteiger partial charge on any atom is -0.468 e. The molecule has 3 heteroatoms. The molecule has 0 aromatic carbocycles. The van der Waals surface area contributed by atoms with E-state index in [4.69, 9.17) is 4.42 Å². The van der Waals surface area contributed by atoms with Crippen LogP contribution in [0, 0.1) is 0 Å². The summed E-state index contributed by atoms with van der Waals surface area (Å²) in [4.78, 5) is 2.57. The number of hydrogen-bond donors (Lipinski definition) is 1. The van der Waals surface area contributed by atoms with Crippen LogP contribution in [0.4, 0.5) is 0 Å². The van der Waals surface area contributed by atoms with Crippen molar-refractivity contribution in [1.82, 2.24) is 10.2 Å². The molecule has 1 fully saturated rings. The van der Waals surface area contributed by atoms with Gasteiger partial charge in [-0.05, 0) is 51.4 Å². The van der Waals surface area contributed by atoms with Gasteiger partial charge in [0.1, 0.15) is 5.76 Å². The van der Waals surface area contributed by atoms with Crippen LogP contribution in [0.1, 0.15) is 44.9 Å². The van der Waals surface area contributed by atoms with Gasteiger partial charge in [-0.15, -0.1) is 0 Å². The molecule has 0 spiro atoms. The molecule has 1 aromatic rings. The molecule has 1 aliphatic heterocycles. The van der Waals surface area contributed by atoms with E-state index in [9.17, 15) is 0 Å². The van der Waals surface area contributed by atoms with Gasteiger partial charge in [0.2, 0.25) is 0 Å². The molecule has 0 aliphatic carbocycles. The lowest BCUT2D eigenvalue weighted by molar-refractivity contribution is 0.241. The first-order valence-corrected chi connectivity index (χ1v) is 6.82. The van der Waals surface area contributed by atoms with Gasteiger partial charge in [-0.3, -0.25) is 4.90 Å². The van der Waals surface area contributed by atoms with E-state index in [-0.39, 0.29) is 0 Å². The predicted octanol–water partition coefficient (Wildman–Crippen LogP) is 2.80. The Kier molecular flexibility index (Phi) is 4.63. The van der Waals surface area contributed by atoms with Crippen molar-refractivity contribution in [2.24, 2.45) is 0 Å². The molecule has 17 heavy (non-hydrogen) atoms. The van der Waals surface area contributed by atoms with Crippen molar-refractivity contribution in [3.8, 4) is 0 Å². The van der Waals surface area contributed by atoms with E-state index in [1.54, 1.807) is 6.26 Å². The van der Waals surface area contributed by atoms with Crippen LogP contribution in [0.5, 0.6) is 0 Å². The maximum absolute atomic E-state index is 5.47. The lowest BCUT2D eigenvalue weighted by Crippen LogP contribution is -2.39. The number of furan rings is 1. The van der Waals surface area contributed by atoms with E-state index < -0.39 is 0 Å². The van der Waals surface area contributed by atoms with Crippen LogP contribution in [0.15, 0.2) is 22.8 Å². The Balaban J connectivity index is 1.79. The number of likely N-dealkylation sites (tertiary alicyclic amines) is 1. The average molecular weight is 236 g/mol. The van der Waals surface area contributed by atoms with E-state index in [1.807, 2.05) is 6.07 Å². The Morgan fingerprint density at radius 1 is 1.41 bits per heavy atom. The van der Waals surface area contributed by atoms with Gasteiger partial charge in [-0.2, -0.15) is 0 Å². The third kappa shape index (κ3) is 3.33. The summed E-state index contributed by atoms with van der Waals surface area (Å²) < 4.78 is 5.47. The van der Waals surface area contributed by atoms with Crippen molar-refractivity contribution in [1.29, 1.82) is 0 Å². The highest BCUT2D eigenvalue weighted by atomic mass is 16.3. The maximum Gasteiger partial charge on any atom is 0.120 e. The second kappa shape index (κ2) is 6.22. The Bertz CT molecular complexity index is 304. The van der Waals surface area contributed by atoms with E-state index in [2.05, 4.69) is 30.1 Å². The summed E-state index contributed by atoms with van der Waals surface area (Å²) in [6, 6.07) is 5.00. The Morgan fingerprint density at radius 3 is 2.76 bits per heavy atom. The van der Waals surface area contributed by atoms with E-state index in [0.29, 0.717) is 12.1 Å². The molecule has 96 valence electrons. The molecule has 1 aromatic heterocycles. The standard InChI is InChI=1S/C14H24N2O/c1-3-13(14-7-6-10-17-14)15-11-12(2)16-8-4-5-9-16/h6-7,10,12-13,15H,3-5,8-9,11H2,1-2H3. The molecule has 0 amide bonds. The molecule has 1 aliphatic rings. The molecular weight excluding hydrogens is 212 g/mol. The average Bonchev–Trinajstić information content (AvgIpc) is 3.02. The zero-order valence-electron chi connectivity index (χ0n) is 11.0. The van der Waals surface area contributed by atoms with Gasteiger partial charge in [0.15, 0.2) is 0 Å². The van der Waals surface area contributed by atoms with E-state index in [1.165, 1.54) is 25.9 Å². The summed E-state index contributed by atoms with van der Waals surface area (Å²) in [5, 5.41) is 3.61. The number of rotatable bonds is 6. The molecule has 2 heterocycles. The zero-order valence-corrected chi connectivity index (χ0v) is 11.0. The molecule has 2 atom stereocenters. The lowest BCUT2D eigenvalue weighted by atomic mass is 10.1. The highest BCUT2D eigenvalue weighted by Crippen LogP contribution is 2.17. The minimum absolute atomic E-state index is 0.357. The summed E-state index contributed by atoms with van der Waals surface area (Å²) in [6.45, 7) is 8.08. The Morgan fingerprint density at radius 2 is 2.18 bits per heavy atom. The third-order valence-electron chi connectivity index (χ3n) is 3.72. The fourth-order valence-corrected chi connectivity index (χ4v) is 2.56. The topological polar surface area (TPSA) is 28.4 Å². The van der Waals surface area contributed by atoms with Crippen molar-refractivity contribution < 1.29 is 4.42 Å². The van der Waals surface area contributed by atoms with Crippen LogP contribution >= 0.6 is 0 Å². The molecule has 2 unspecified atom stereocenters. The van der Waals surface area contributed by atoms with Gasteiger partial charge in [0.25, 0.3) is 0 Å². The normalized spacial score (nSPS) is 20.6. The fourth-order valence-electron chi connectivity index (χ4n) is 2.56. The first kappa shape index (κ1) is 12.7. The fraction of sp³-hybridized carbons (Fsp3) is 0.714. The van der Waals surface area contributed by atoms with Crippen LogP contribution < -0.4 is 5.32 Å². The lowest BCUT2D eigenvalue weighted by Gasteiger charge is -2.26. The zero-order chi connectivity index (χ0) is 12.1. The van der Waals surface area contributed by atoms with Crippen LogP contribution in [-0.4, -0.2) is 30.6 Å². The monoisotopic (exact) mass is 236 g/mol. The van der Waals surface area contributed by atoms with E-state index in [0.717, 1.165) is 18.7 Å². The van der Waals surface area contributed by atoms with Crippen molar-refractivity contribution in [3.05, 3.63) is 24.2 Å². The molecule has 1 saturated heterocycles. The molecule has 0 bridgehead atoms. The molecule has 0 saturated carbocycles. The molecule has 1 N–H and O–H groups in total. The van der Waals surface area contributed by atoms with Gasteiger partial charge < -0.3 is 9.73 Å². The highest BCUT2D eigenvalue weighted by Gasteiger charge is 2.19. The second-order valence-electron chi connectivity index (χ2n) is 4.98. The summed E-state index contributed by atoms with van der Waals surface area (Å²) in [7, 11) is 0. The number of nitrogens with one attached hydrogen (secondary N) is 1. The summed E-state index contributed by atoms with van der Waals surface area (Å²) >= 11 is 0. The van der Waals surface area contributed by atoms with Crippen LogP contribution in [0.25, 0.3) is 0 Å². The Labute approximate surface area is 104 Å². The molecule has 2 rings (SSSR count). The van der Waals surface area contributed by atoms with Gasteiger partial charge in [0, 0.05) is 12.6 Å². The third-order valence-corrected chi connectivity index (χ3v) is 3.72. The van der Waals surface area contributed by atoms with Crippen molar-refractivity contribution in [2.75, 3.05) is 19.6 Å². The summed E-state index contributed by atoms with van der Waals surface area (Å²) in [5.74, 6) is 1.06.